The van der Waals surface area contributed by atoms with Crippen LogP contribution in [0.4, 0.5) is 5.69 Å². The Bertz CT molecular complexity index is 755. The van der Waals surface area contributed by atoms with E-state index in [-0.39, 0.29) is 0 Å². The van der Waals surface area contributed by atoms with Crippen LogP contribution in [0, 0.1) is 0 Å². The van der Waals surface area contributed by atoms with Crippen molar-refractivity contribution in [1.82, 2.24) is 0 Å². The van der Waals surface area contributed by atoms with Crippen molar-refractivity contribution in [2.45, 2.75) is 12.3 Å². The molecule has 0 radical (unpaired) electrons. The monoisotopic (exact) mass is 259 g/mol. The van der Waals surface area contributed by atoms with Gasteiger partial charge in [0.2, 0.25) is 0 Å². The maximum Gasteiger partial charge on any atom is 0.0379 e. The maximum absolute atomic E-state index is 3.51. The van der Waals surface area contributed by atoms with E-state index in [1.54, 1.807) is 0 Å². The van der Waals surface area contributed by atoms with E-state index >= 15 is 0 Å². The maximum atomic E-state index is 3.51. The summed E-state index contributed by atoms with van der Waals surface area (Å²) in [7, 11) is 0. The standard InChI is InChI=1S/C19H17N/c1-2-8-15-14(6-1)7-5-10-16(15)17-12-13-20-19-11-4-3-9-18(17)19/h1-11,17,20H,12-13H2. The molecule has 20 heavy (non-hydrogen) atoms. The summed E-state index contributed by atoms with van der Waals surface area (Å²) < 4.78 is 0. The zero-order valence-electron chi connectivity index (χ0n) is 11.3. The number of benzene rings is 3. The van der Waals surface area contributed by atoms with Gasteiger partial charge in [-0.15, -0.1) is 0 Å². The molecule has 1 heteroatoms. The first kappa shape index (κ1) is 11.5. The summed E-state index contributed by atoms with van der Waals surface area (Å²) in [5, 5.41) is 6.23. The van der Waals surface area contributed by atoms with Crippen LogP contribution in [0.3, 0.4) is 0 Å². The van der Waals surface area contributed by atoms with Crippen molar-refractivity contribution in [3.05, 3.63) is 77.9 Å². The fourth-order valence-electron chi connectivity index (χ4n) is 3.35. The summed E-state index contributed by atoms with van der Waals surface area (Å²) in [6, 6.07) is 24.1. The van der Waals surface area contributed by atoms with E-state index in [1.165, 1.54) is 27.6 Å². The zero-order chi connectivity index (χ0) is 13.4. The molecule has 1 unspecified atom stereocenters. The Hall–Kier alpha value is -2.28. The third-order valence-electron chi connectivity index (χ3n) is 4.28. The number of hydrogen-bond acceptors (Lipinski definition) is 1. The minimum absolute atomic E-state index is 0.499. The highest BCUT2D eigenvalue weighted by molar-refractivity contribution is 5.87. The Labute approximate surface area is 119 Å². The average Bonchev–Trinajstić information content (AvgIpc) is 2.54. The van der Waals surface area contributed by atoms with E-state index in [0.717, 1.165) is 13.0 Å². The molecule has 0 aliphatic carbocycles. The van der Waals surface area contributed by atoms with Crippen molar-refractivity contribution in [1.29, 1.82) is 0 Å². The van der Waals surface area contributed by atoms with Crippen LogP contribution in [0.15, 0.2) is 66.7 Å². The van der Waals surface area contributed by atoms with Crippen LogP contribution < -0.4 is 5.32 Å². The van der Waals surface area contributed by atoms with Gasteiger partial charge in [0, 0.05) is 18.2 Å². The van der Waals surface area contributed by atoms with Gasteiger partial charge in [0.15, 0.2) is 0 Å². The zero-order valence-corrected chi connectivity index (χ0v) is 11.3. The summed E-state index contributed by atoms with van der Waals surface area (Å²) in [6.07, 6.45) is 1.16. The van der Waals surface area contributed by atoms with Crippen LogP contribution in [0.25, 0.3) is 10.8 Å². The lowest BCUT2D eigenvalue weighted by molar-refractivity contribution is 0.725. The molecule has 4 rings (SSSR count). The predicted octanol–water partition coefficient (Wildman–Crippen LogP) is 4.79. The van der Waals surface area contributed by atoms with E-state index in [1.807, 2.05) is 0 Å². The Balaban J connectivity index is 1.93. The van der Waals surface area contributed by atoms with Gasteiger partial charge in [-0.2, -0.15) is 0 Å². The summed E-state index contributed by atoms with van der Waals surface area (Å²) >= 11 is 0. The normalized spacial score (nSPS) is 17.5. The largest absolute Gasteiger partial charge is 0.385 e. The first-order chi connectivity index (χ1) is 9.93. The lowest BCUT2D eigenvalue weighted by Crippen LogP contribution is -2.17. The van der Waals surface area contributed by atoms with Gasteiger partial charge in [-0.1, -0.05) is 60.7 Å². The van der Waals surface area contributed by atoms with E-state index in [4.69, 9.17) is 0 Å². The lowest BCUT2D eigenvalue weighted by Gasteiger charge is -2.28. The molecule has 3 aromatic carbocycles. The van der Waals surface area contributed by atoms with Crippen LogP contribution in [-0.2, 0) is 0 Å². The van der Waals surface area contributed by atoms with Crippen molar-refractivity contribution in [2.75, 3.05) is 11.9 Å². The van der Waals surface area contributed by atoms with Crippen LogP contribution in [0.1, 0.15) is 23.5 Å². The van der Waals surface area contributed by atoms with Gasteiger partial charge >= 0.3 is 0 Å². The second-order valence-corrected chi connectivity index (χ2v) is 5.42. The Morgan fingerprint density at radius 1 is 0.750 bits per heavy atom. The first-order valence-corrected chi connectivity index (χ1v) is 7.24. The summed E-state index contributed by atoms with van der Waals surface area (Å²) in [4.78, 5) is 0. The fourth-order valence-corrected chi connectivity index (χ4v) is 3.35. The number of rotatable bonds is 1. The molecule has 0 saturated carbocycles. The van der Waals surface area contributed by atoms with Crippen LogP contribution in [0.2, 0.25) is 0 Å². The van der Waals surface area contributed by atoms with Crippen molar-refractivity contribution in [3.63, 3.8) is 0 Å². The summed E-state index contributed by atoms with van der Waals surface area (Å²) in [5.74, 6) is 0.499. The van der Waals surface area contributed by atoms with Crippen LogP contribution in [-0.4, -0.2) is 6.54 Å². The van der Waals surface area contributed by atoms with Crippen molar-refractivity contribution < 1.29 is 0 Å². The summed E-state index contributed by atoms with van der Waals surface area (Å²) in [5.41, 5.74) is 4.17. The molecule has 98 valence electrons. The van der Waals surface area contributed by atoms with E-state index in [9.17, 15) is 0 Å². The SMILES string of the molecule is c1ccc2c(c1)NCCC2c1cccc2ccccc12. The molecule has 3 aromatic rings. The minimum Gasteiger partial charge on any atom is -0.385 e. The molecule has 0 bridgehead atoms. The van der Waals surface area contributed by atoms with Gasteiger partial charge in [0.1, 0.15) is 0 Å². The average molecular weight is 259 g/mol. The quantitative estimate of drug-likeness (QED) is 0.662. The van der Waals surface area contributed by atoms with Gasteiger partial charge < -0.3 is 5.32 Å². The molecule has 1 N–H and O–H groups in total. The Kier molecular flexibility index (Phi) is 2.70. The molecule has 0 saturated heterocycles. The van der Waals surface area contributed by atoms with Crippen molar-refractivity contribution in [2.24, 2.45) is 0 Å². The Morgan fingerprint density at radius 2 is 1.50 bits per heavy atom. The third kappa shape index (κ3) is 1.78. The van der Waals surface area contributed by atoms with Gasteiger partial charge in [-0.05, 0) is 34.4 Å². The highest BCUT2D eigenvalue weighted by Crippen LogP contribution is 2.38. The topological polar surface area (TPSA) is 12.0 Å². The van der Waals surface area contributed by atoms with E-state index in [2.05, 4.69) is 72.0 Å². The molecule has 1 aliphatic rings. The van der Waals surface area contributed by atoms with Gasteiger partial charge in [0.05, 0.1) is 0 Å². The molecule has 0 aromatic heterocycles. The molecular weight excluding hydrogens is 242 g/mol. The lowest BCUT2D eigenvalue weighted by atomic mass is 9.83. The minimum atomic E-state index is 0.499. The first-order valence-electron chi connectivity index (χ1n) is 7.24. The summed E-state index contributed by atoms with van der Waals surface area (Å²) in [6.45, 7) is 1.05. The third-order valence-corrected chi connectivity index (χ3v) is 4.28. The molecular formula is C19H17N. The van der Waals surface area contributed by atoms with Crippen LogP contribution in [0.5, 0.6) is 0 Å². The smallest absolute Gasteiger partial charge is 0.0379 e. The predicted molar refractivity (Wildman–Crippen MR) is 85.3 cm³/mol. The number of fused-ring (bicyclic) bond motifs is 2. The van der Waals surface area contributed by atoms with Gasteiger partial charge in [-0.3, -0.25) is 0 Å². The van der Waals surface area contributed by atoms with E-state index < -0.39 is 0 Å². The van der Waals surface area contributed by atoms with E-state index in [0.29, 0.717) is 5.92 Å². The molecule has 0 spiro atoms. The Morgan fingerprint density at radius 3 is 2.50 bits per heavy atom. The molecule has 1 aliphatic heterocycles. The van der Waals surface area contributed by atoms with Gasteiger partial charge in [-0.25, -0.2) is 0 Å². The second-order valence-electron chi connectivity index (χ2n) is 5.42. The fraction of sp³-hybridized carbons (Fsp3) is 0.158. The number of para-hydroxylation sites is 1. The van der Waals surface area contributed by atoms with Crippen molar-refractivity contribution >= 4 is 16.5 Å². The molecule has 0 amide bonds. The molecule has 1 atom stereocenters. The highest BCUT2D eigenvalue weighted by atomic mass is 14.9. The van der Waals surface area contributed by atoms with Crippen molar-refractivity contribution in [3.8, 4) is 0 Å². The second kappa shape index (κ2) is 4.68. The molecule has 1 heterocycles. The number of anilines is 1. The highest BCUT2D eigenvalue weighted by Gasteiger charge is 2.22. The number of hydrogen-bond donors (Lipinski definition) is 1. The van der Waals surface area contributed by atoms with Gasteiger partial charge in [0.25, 0.3) is 0 Å². The molecule has 1 nitrogen and oxygen atoms in total. The molecule has 0 fully saturated rings. The number of nitrogens with one attached hydrogen (secondary N) is 1. The van der Waals surface area contributed by atoms with Crippen LogP contribution >= 0.6 is 0 Å².